The molecule has 10 heteroatoms. The summed E-state index contributed by atoms with van der Waals surface area (Å²) >= 11 is 1.34. The number of carbonyl (C=O) groups is 1. The first-order valence-corrected chi connectivity index (χ1v) is 12.0. The summed E-state index contributed by atoms with van der Waals surface area (Å²) < 4.78 is 26.6. The lowest BCUT2D eigenvalue weighted by Gasteiger charge is -2.11. The molecule has 8 nitrogen and oxygen atoms in total. The molecular weight excluding hydrogens is 434 g/mol. The summed E-state index contributed by atoms with van der Waals surface area (Å²) in [5.74, 6) is -0.231. The quantitative estimate of drug-likeness (QED) is 0.389. The van der Waals surface area contributed by atoms with Gasteiger partial charge in [0.25, 0.3) is 0 Å². The molecule has 0 aliphatic heterocycles. The van der Waals surface area contributed by atoms with Crippen LogP contribution in [-0.2, 0) is 21.2 Å². The Labute approximate surface area is 183 Å². The van der Waals surface area contributed by atoms with Crippen molar-refractivity contribution < 1.29 is 13.2 Å². The lowest BCUT2D eigenvalue weighted by molar-refractivity contribution is -0.115. The number of H-pyrrole nitrogens is 1. The van der Waals surface area contributed by atoms with Crippen LogP contribution in [0.25, 0.3) is 22.3 Å². The zero-order valence-electron chi connectivity index (χ0n) is 16.9. The topological polar surface area (TPSA) is 117 Å². The number of hydrogen-bond acceptors (Lipinski definition) is 6. The number of aromatic amines is 1. The zero-order valence-corrected chi connectivity index (χ0v) is 18.5. The summed E-state index contributed by atoms with van der Waals surface area (Å²) in [6.07, 6.45) is 3.67. The van der Waals surface area contributed by atoms with Gasteiger partial charge in [0.1, 0.15) is 5.65 Å². The Morgan fingerprint density at radius 2 is 2.06 bits per heavy atom. The monoisotopic (exact) mass is 455 g/mol. The fourth-order valence-corrected chi connectivity index (χ4v) is 4.42. The highest BCUT2D eigenvalue weighted by molar-refractivity contribution is 7.93. The number of carbonyl (C=O) groups excluding carboxylic acids is 1. The minimum Gasteiger partial charge on any atom is -0.345 e. The van der Waals surface area contributed by atoms with E-state index >= 15 is 0 Å². The van der Waals surface area contributed by atoms with Gasteiger partial charge >= 0.3 is 0 Å². The van der Waals surface area contributed by atoms with E-state index in [4.69, 9.17) is 0 Å². The Morgan fingerprint density at radius 3 is 2.87 bits per heavy atom. The van der Waals surface area contributed by atoms with Crippen LogP contribution >= 0.6 is 11.3 Å². The molecule has 0 bridgehead atoms. The molecule has 0 spiro atoms. The van der Waals surface area contributed by atoms with Gasteiger partial charge in [0.05, 0.1) is 17.4 Å². The summed E-state index contributed by atoms with van der Waals surface area (Å²) in [6.45, 7) is 3.21. The van der Waals surface area contributed by atoms with E-state index in [9.17, 15) is 13.2 Å². The Hall–Kier alpha value is -3.24. The van der Waals surface area contributed by atoms with Crippen LogP contribution in [0, 0.1) is 0 Å². The molecule has 1 aromatic carbocycles. The number of anilines is 2. The summed E-state index contributed by atoms with van der Waals surface area (Å²) in [7, 11) is -3.45. The number of aromatic nitrogens is 3. The molecule has 3 heterocycles. The maximum Gasteiger partial charge on any atom is 0.235 e. The molecule has 160 valence electrons. The SMILES string of the molecule is CC(C)S(=O)(=O)Nc1cccc(CC(=O)Nc2nc(-c3c[nH]c4ncccc34)cs2)c1. The first-order valence-electron chi connectivity index (χ1n) is 9.60. The van der Waals surface area contributed by atoms with Gasteiger partial charge in [-0.25, -0.2) is 18.4 Å². The van der Waals surface area contributed by atoms with Gasteiger partial charge in [0.2, 0.25) is 15.9 Å². The minimum atomic E-state index is -3.45. The molecule has 0 aliphatic rings. The van der Waals surface area contributed by atoms with E-state index < -0.39 is 15.3 Å². The molecule has 4 aromatic rings. The molecule has 3 N–H and O–H groups in total. The van der Waals surface area contributed by atoms with E-state index in [1.807, 2.05) is 23.7 Å². The van der Waals surface area contributed by atoms with E-state index in [-0.39, 0.29) is 12.3 Å². The maximum atomic E-state index is 12.5. The summed E-state index contributed by atoms with van der Waals surface area (Å²) in [6, 6.07) is 10.6. The minimum absolute atomic E-state index is 0.100. The first-order chi connectivity index (χ1) is 14.8. The number of pyridine rings is 1. The Kier molecular flexibility index (Phi) is 5.75. The first kappa shape index (κ1) is 21.0. The van der Waals surface area contributed by atoms with E-state index in [1.165, 1.54) is 11.3 Å². The number of hydrogen-bond donors (Lipinski definition) is 3. The van der Waals surface area contributed by atoms with Gasteiger partial charge in [-0.2, -0.15) is 0 Å². The molecule has 0 saturated carbocycles. The van der Waals surface area contributed by atoms with Crippen molar-refractivity contribution in [3.8, 4) is 11.3 Å². The van der Waals surface area contributed by atoms with Crippen molar-refractivity contribution in [2.45, 2.75) is 25.5 Å². The number of amides is 1. The van der Waals surface area contributed by atoms with E-state index in [1.54, 1.807) is 44.3 Å². The largest absolute Gasteiger partial charge is 0.345 e. The van der Waals surface area contributed by atoms with Crippen LogP contribution in [0.15, 0.2) is 54.2 Å². The average Bonchev–Trinajstić information content (AvgIpc) is 3.34. The molecule has 0 radical (unpaired) electrons. The lowest BCUT2D eigenvalue weighted by atomic mass is 10.1. The van der Waals surface area contributed by atoms with Gasteiger partial charge in [0.15, 0.2) is 5.13 Å². The number of nitrogens with one attached hydrogen (secondary N) is 3. The predicted molar refractivity (Wildman–Crippen MR) is 124 cm³/mol. The second-order valence-corrected chi connectivity index (χ2v) is 10.4. The molecule has 3 aromatic heterocycles. The Bertz CT molecular complexity index is 1340. The van der Waals surface area contributed by atoms with Gasteiger partial charge in [-0.15, -0.1) is 11.3 Å². The van der Waals surface area contributed by atoms with Crippen molar-refractivity contribution in [3.63, 3.8) is 0 Å². The van der Waals surface area contributed by atoms with Gasteiger partial charge in [0, 0.05) is 34.4 Å². The Balaban J connectivity index is 1.44. The Morgan fingerprint density at radius 1 is 1.23 bits per heavy atom. The number of nitrogens with zero attached hydrogens (tertiary/aromatic N) is 2. The van der Waals surface area contributed by atoms with Gasteiger partial charge in [-0.05, 0) is 43.7 Å². The highest BCUT2D eigenvalue weighted by Crippen LogP contribution is 2.30. The standard InChI is InChI=1S/C21H21N5O3S2/c1-13(2)31(28,29)26-15-6-3-5-14(9-15)10-19(27)25-21-24-18(12-30-21)17-11-23-20-16(17)7-4-8-22-20/h3-9,11-13,26H,10H2,1-2H3,(H,22,23)(H,24,25,27). The molecule has 0 saturated heterocycles. The van der Waals surface area contributed by atoms with Crippen molar-refractivity contribution in [2.75, 3.05) is 10.0 Å². The van der Waals surface area contributed by atoms with Crippen LogP contribution < -0.4 is 10.0 Å². The normalized spacial score (nSPS) is 11.7. The number of benzene rings is 1. The van der Waals surface area contributed by atoms with E-state index in [2.05, 4.69) is 25.0 Å². The second-order valence-electron chi connectivity index (χ2n) is 7.26. The lowest BCUT2D eigenvalue weighted by Crippen LogP contribution is -2.22. The molecule has 0 unspecified atom stereocenters. The van der Waals surface area contributed by atoms with Crippen LogP contribution in [0.1, 0.15) is 19.4 Å². The van der Waals surface area contributed by atoms with Crippen LogP contribution in [0.4, 0.5) is 10.8 Å². The molecule has 0 fully saturated rings. The molecule has 31 heavy (non-hydrogen) atoms. The fourth-order valence-electron chi connectivity index (χ4n) is 3.00. The highest BCUT2D eigenvalue weighted by Gasteiger charge is 2.16. The summed E-state index contributed by atoms with van der Waals surface area (Å²) in [4.78, 5) is 24.4. The molecule has 0 aliphatic carbocycles. The molecule has 4 rings (SSSR count). The highest BCUT2D eigenvalue weighted by atomic mass is 32.2. The van der Waals surface area contributed by atoms with E-state index in [0.717, 1.165) is 22.3 Å². The third-order valence-electron chi connectivity index (χ3n) is 4.65. The molecule has 1 amide bonds. The predicted octanol–water partition coefficient (Wildman–Crippen LogP) is 4.02. The van der Waals surface area contributed by atoms with Crippen LogP contribution in [0.3, 0.4) is 0 Å². The number of sulfonamides is 1. The van der Waals surface area contributed by atoms with Crippen LogP contribution in [0.2, 0.25) is 0 Å². The van der Waals surface area contributed by atoms with Crippen molar-refractivity contribution in [3.05, 3.63) is 59.7 Å². The average molecular weight is 456 g/mol. The third-order valence-corrected chi connectivity index (χ3v) is 7.17. The van der Waals surface area contributed by atoms with Gasteiger partial charge in [-0.3, -0.25) is 9.52 Å². The number of rotatable bonds is 7. The van der Waals surface area contributed by atoms with Crippen LogP contribution in [-0.4, -0.2) is 34.5 Å². The van der Waals surface area contributed by atoms with Gasteiger partial charge < -0.3 is 10.3 Å². The van der Waals surface area contributed by atoms with Crippen molar-refractivity contribution in [1.29, 1.82) is 0 Å². The number of fused-ring (bicyclic) bond motifs is 1. The molecular formula is C21H21N5O3S2. The van der Waals surface area contributed by atoms with E-state index in [0.29, 0.717) is 16.4 Å². The second kappa shape index (κ2) is 8.48. The van der Waals surface area contributed by atoms with Crippen molar-refractivity contribution in [2.24, 2.45) is 0 Å². The van der Waals surface area contributed by atoms with Crippen molar-refractivity contribution in [1.82, 2.24) is 15.0 Å². The van der Waals surface area contributed by atoms with Gasteiger partial charge in [-0.1, -0.05) is 12.1 Å². The zero-order chi connectivity index (χ0) is 22.0. The third kappa shape index (κ3) is 4.75. The van der Waals surface area contributed by atoms with Crippen LogP contribution in [0.5, 0.6) is 0 Å². The summed E-state index contributed by atoms with van der Waals surface area (Å²) in [5.41, 5.74) is 3.59. The summed E-state index contributed by atoms with van der Waals surface area (Å²) in [5, 5.41) is 5.60. The van der Waals surface area contributed by atoms with Crippen molar-refractivity contribution >= 4 is 49.1 Å². The molecule has 0 atom stereocenters. The maximum absolute atomic E-state index is 12.5. The smallest absolute Gasteiger partial charge is 0.235 e. The number of thiazole rings is 1. The fraction of sp³-hybridized carbons (Fsp3) is 0.190.